The first-order chi connectivity index (χ1) is 9.13. The fourth-order valence-corrected chi connectivity index (χ4v) is 2.30. The summed E-state index contributed by atoms with van der Waals surface area (Å²) in [6.07, 6.45) is 0.696. The number of rotatable bonds is 2. The molecule has 0 aliphatic heterocycles. The van der Waals surface area contributed by atoms with E-state index in [2.05, 4.69) is 42.0 Å². The maximum absolute atomic E-state index is 13.6. The first-order valence-corrected chi connectivity index (χ1v) is 6.33. The Labute approximate surface area is 111 Å². The van der Waals surface area contributed by atoms with Crippen LogP contribution in [0.5, 0.6) is 0 Å². The van der Waals surface area contributed by atoms with Crippen LogP contribution in [0.2, 0.25) is 0 Å². The first-order valence-electron chi connectivity index (χ1n) is 6.33. The number of benzene rings is 2. The molecule has 0 amide bonds. The number of fused-ring (bicyclic) bond motifs is 1. The van der Waals surface area contributed by atoms with Gasteiger partial charge in [0.2, 0.25) is 0 Å². The number of aromatic amines is 1. The van der Waals surface area contributed by atoms with Crippen LogP contribution < -0.4 is 0 Å². The van der Waals surface area contributed by atoms with Crippen molar-refractivity contribution in [3.8, 4) is 0 Å². The molecule has 2 aromatic carbocycles. The van der Waals surface area contributed by atoms with Crippen molar-refractivity contribution in [2.24, 2.45) is 0 Å². The molecule has 0 bridgehead atoms. The Morgan fingerprint density at radius 1 is 1.16 bits per heavy atom. The van der Waals surface area contributed by atoms with Crippen molar-refractivity contribution in [3.05, 3.63) is 64.7 Å². The molecule has 1 heterocycles. The van der Waals surface area contributed by atoms with Crippen LogP contribution in [0.4, 0.5) is 4.39 Å². The average molecular weight is 254 g/mol. The van der Waals surface area contributed by atoms with Gasteiger partial charge in [-0.2, -0.15) is 0 Å². The van der Waals surface area contributed by atoms with Crippen molar-refractivity contribution >= 4 is 11.0 Å². The minimum atomic E-state index is -0.277. The Balaban J connectivity index is 2.01. The van der Waals surface area contributed by atoms with Crippen molar-refractivity contribution in [1.82, 2.24) is 9.97 Å². The second-order valence-electron chi connectivity index (χ2n) is 4.93. The van der Waals surface area contributed by atoms with Gasteiger partial charge in [0.05, 0.1) is 5.52 Å². The highest BCUT2D eigenvalue weighted by atomic mass is 19.1. The van der Waals surface area contributed by atoms with Crippen molar-refractivity contribution in [2.75, 3.05) is 0 Å². The van der Waals surface area contributed by atoms with E-state index in [1.165, 1.54) is 22.8 Å². The molecule has 1 aromatic heterocycles. The van der Waals surface area contributed by atoms with Gasteiger partial charge in [-0.15, -0.1) is 0 Å². The largest absolute Gasteiger partial charge is 0.342 e. The lowest BCUT2D eigenvalue weighted by molar-refractivity contribution is 0.637. The van der Waals surface area contributed by atoms with E-state index < -0.39 is 0 Å². The van der Waals surface area contributed by atoms with Crippen molar-refractivity contribution in [1.29, 1.82) is 0 Å². The van der Waals surface area contributed by atoms with Crippen LogP contribution in [0.15, 0.2) is 36.4 Å². The molecule has 0 aliphatic carbocycles. The molecule has 0 saturated carbocycles. The minimum absolute atomic E-state index is 0.277. The molecule has 0 spiro atoms. The van der Waals surface area contributed by atoms with E-state index >= 15 is 0 Å². The molecule has 1 N–H and O–H groups in total. The van der Waals surface area contributed by atoms with Gasteiger partial charge < -0.3 is 4.98 Å². The number of aromatic nitrogens is 2. The van der Waals surface area contributed by atoms with Crippen LogP contribution in [0.25, 0.3) is 11.0 Å². The number of imidazole rings is 1. The minimum Gasteiger partial charge on any atom is -0.342 e. The monoisotopic (exact) mass is 254 g/mol. The molecule has 0 fully saturated rings. The first kappa shape index (κ1) is 11.9. The van der Waals surface area contributed by atoms with Gasteiger partial charge in [0.1, 0.15) is 11.3 Å². The molecule has 0 radical (unpaired) electrons. The number of hydrogen-bond acceptors (Lipinski definition) is 1. The molecule has 96 valence electrons. The molecular weight excluding hydrogens is 239 g/mol. The van der Waals surface area contributed by atoms with E-state index in [-0.39, 0.29) is 5.82 Å². The van der Waals surface area contributed by atoms with E-state index in [0.29, 0.717) is 11.9 Å². The van der Waals surface area contributed by atoms with E-state index in [1.54, 1.807) is 6.07 Å². The summed E-state index contributed by atoms with van der Waals surface area (Å²) in [5, 5.41) is 0. The van der Waals surface area contributed by atoms with Crippen LogP contribution >= 0.6 is 0 Å². The Bertz CT molecular complexity index is 744. The quantitative estimate of drug-likeness (QED) is 0.738. The highest BCUT2D eigenvalue weighted by Gasteiger charge is 2.08. The van der Waals surface area contributed by atoms with Crippen molar-refractivity contribution in [3.63, 3.8) is 0 Å². The smallest absolute Gasteiger partial charge is 0.151 e. The molecule has 3 aromatic rings. The number of hydrogen-bond donors (Lipinski definition) is 1. The predicted molar refractivity (Wildman–Crippen MR) is 74.8 cm³/mol. The number of H-pyrrole nitrogens is 1. The Hall–Kier alpha value is -2.16. The third kappa shape index (κ3) is 2.24. The number of aryl methyl sites for hydroxylation is 2. The Morgan fingerprint density at radius 3 is 2.79 bits per heavy atom. The summed E-state index contributed by atoms with van der Waals surface area (Å²) >= 11 is 0. The molecule has 0 saturated heterocycles. The van der Waals surface area contributed by atoms with E-state index in [0.717, 1.165) is 11.3 Å². The second kappa shape index (κ2) is 4.50. The summed E-state index contributed by atoms with van der Waals surface area (Å²) in [5.41, 5.74) is 4.84. The van der Waals surface area contributed by atoms with Gasteiger partial charge in [0, 0.05) is 6.42 Å². The molecular formula is C16H15FN2. The standard InChI is InChI=1S/C16H15FN2/c1-10-6-7-11(2)12(8-10)9-15-18-14-5-3-4-13(17)16(14)19-15/h3-8H,9H2,1-2H3,(H,18,19). The molecule has 3 heteroatoms. The summed E-state index contributed by atoms with van der Waals surface area (Å²) in [6, 6.07) is 11.3. The Kier molecular flexibility index (Phi) is 2.82. The zero-order chi connectivity index (χ0) is 13.4. The number of para-hydroxylation sites is 1. The van der Waals surface area contributed by atoms with Crippen molar-refractivity contribution < 1.29 is 4.39 Å². The van der Waals surface area contributed by atoms with E-state index in [4.69, 9.17) is 0 Å². The highest BCUT2D eigenvalue weighted by Crippen LogP contribution is 2.18. The maximum atomic E-state index is 13.6. The summed E-state index contributed by atoms with van der Waals surface area (Å²) in [6.45, 7) is 4.15. The maximum Gasteiger partial charge on any atom is 0.151 e. The zero-order valence-electron chi connectivity index (χ0n) is 11.0. The summed E-state index contributed by atoms with van der Waals surface area (Å²) in [4.78, 5) is 7.53. The van der Waals surface area contributed by atoms with Crippen LogP contribution in [-0.2, 0) is 6.42 Å². The SMILES string of the molecule is Cc1ccc(C)c(Cc2nc3c(F)cccc3[nH]2)c1. The lowest BCUT2D eigenvalue weighted by Gasteiger charge is -2.04. The lowest BCUT2D eigenvalue weighted by atomic mass is 10.0. The number of nitrogens with one attached hydrogen (secondary N) is 1. The molecule has 0 unspecified atom stereocenters. The van der Waals surface area contributed by atoms with Gasteiger partial charge in [-0.05, 0) is 37.1 Å². The topological polar surface area (TPSA) is 28.7 Å². The van der Waals surface area contributed by atoms with E-state index in [1.807, 2.05) is 6.07 Å². The summed E-state index contributed by atoms with van der Waals surface area (Å²) < 4.78 is 13.6. The van der Waals surface area contributed by atoms with Crippen LogP contribution in [-0.4, -0.2) is 9.97 Å². The van der Waals surface area contributed by atoms with Crippen molar-refractivity contribution in [2.45, 2.75) is 20.3 Å². The van der Waals surface area contributed by atoms with Crippen LogP contribution in [0, 0.1) is 19.7 Å². The molecule has 2 nitrogen and oxygen atoms in total. The normalized spacial score (nSPS) is 11.1. The van der Waals surface area contributed by atoms with Gasteiger partial charge in [-0.3, -0.25) is 0 Å². The fraction of sp³-hybridized carbons (Fsp3) is 0.188. The Morgan fingerprint density at radius 2 is 2.00 bits per heavy atom. The third-order valence-corrected chi connectivity index (χ3v) is 3.38. The average Bonchev–Trinajstić information content (AvgIpc) is 2.78. The van der Waals surface area contributed by atoms with Crippen LogP contribution in [0.3, 0.4) is 0 Å². The summed E-state index contributed by atoms with van der Waals surface area (Å²) in [7, 11) is 0. The van der Waals surface area contributed by atoms with Gasteiger partial charge >= 0.3 is 0 Å². The number of halogens is 1. The summed E-state index contributed by atoms with van der Waals surface area (Å²) in [5.74, 6) is 0.523. The zero-order valence-corrected chi connectivity index (χ0v) is 11.0. The molecule has 0 aliphatic rings. The van der Waals surface area contributed by atoms with Gasteiger partial charge in [-0.25, -0.2) is 9.37 Å². The molecule has 19 heavy (non-hydrogen) atoms. The van der Waals surface area contributed by atoms with Gasteiger partial charge in [-0.1, -0.05) is 29.8 Å². The lowest BCUT2D eigenvalue weighted by Crippen LogP contribution is -1.94. The number of nitrogens with zero attached hydrogens (tertiary/aromatic N) is 1. The van der Waals surface area contributed by atoms with Gasteiger partial charge in [0.15, 0.2) is 5.82 Å². The van der Waals surface area contributed by atoms with Gasteiger partial charge in [0.25, 0.3) is 0 Å². The van der Waals surface area contributed by atoms with E-state index in [9.17, 15) is 4.39 Å². The molecule has 0 atom stereocenters. The molecule has 3 rings (SSSR count). The predicted octanol–water partition coefficient (Wildman–Crippen LogP) is 3.91. The fourth-order valence-electron chi connectivity index (χ4n) is 2.30. The second-order valence-corrected chi connectivity index (χ2v) is 4.93. The van der Waals surface area contributed by atoms with Crippen LogP contribution in [0.1, 0.15) is 22.5 Å². The highest BCUT2D eigenvalue weighted by molar-refractivity contribution is 5.75. The third-order valence-electron chi connectivity index (χ3n) is 3.38.